The minimum atomic E-state index is -3.79. The van der Waals surface area contributed by atoms with Gasteiger partial charge in [0.05, 0.1) is 5.69 Å². The number of nitrogens with two attached hydrogens (primary N) is 1. The molecule has 0 bridgehead atoms. The van der Waals surface area contributed by atoms with Crippen LogP contribution in [-0.2, 0) is 10.0 Å². The molecule has 5 nitrogen and oxygen atoms in total. The molecule has 1 aromatic rings. The molecule has 0 aliphatic carbocycles. The topological polar surface area (TPSA) is 75.4 Å². The molecule has 1 saturated heterocycles. The lowest BCUT2D eigenvalue weighted by atomic mass is 10.0. The van der Waals surface area contributed by atoms with E-state index in [4.69, 9.17) is 5.73 Å². The molecule has 7 heteroatoms. The molecule has 1 aromatic carbocycles. The Kier molecular flexibility index (Phi) is 4.31. The number of halogens is 1. The molecule has 0 radical (unpaired) electrons. The van der Waals surface area contributed by atoms with Crippen molar-refractivity contribution in [1.82, 2.24) is 9.84 Å². The van der Waals surface area contributed by atoms with E-state index in [-0.39, 0.29) is 22.7 Å². The van der Waals surface area contributed by atoms with Gasteiger partial charge in [-0.15, -0.1) is 4.83 Å². The second-order valence-electron chi connectivity index (χ2n) is 5.31. The lowest BCUT2D eigenvalue weighted by Gasteiger charge is -2.38. The fourth-order valence-corrected chi connectivity index (χ4v) is 3.91. The monoisotopic (exact) mass is 301 g/mol. The minimum Gasteiger partial charge on any atom is -0.398 e. The maximum Gasteiger partial charge on any atom is 0.255 e. The van der Waals surface area contributed by atoms with Gasteiger partial charge < -0.3 is 5.73 Å². The summed E-state index contributed by atoms with van der Waals surface area (Å²) in [6.45, 7) is 3.96. The third-order valence-electron chi connectivity index (χ3n) is 3.68. The number of benzene rings is 1. The maximum atomic E-state index is 13.0. The van der Waals surface area contributed by atoms with Crippen molar-refractivity contribution in [2.75, 3.05) is 5.73 Å². The van der Waals surface area contributed by atoms with Crippen LogP contribution in [0.3, 0.4) is 0 Å². The van der Waals surface area contributed by atoms with Gasteiger partial charge in [-0.05, 0) is 44.9 Å². The number of hydrogen-bond acceptors (Lipinski definition) is 4. The zero-order valence-corrected chi connectivity index (χ0v) is 12.5. The third kappa shape index (κ3) is 3.11. The Bertz CT molecular complexity index is 581. The van der Waals surface area contributed by atoms with E-state index < -0.39 is 15.8 Å². The molecular formula is C13H20FN3O2S. The van der Waals surface area contributed by atoms with Crippen LogP contribution in [-0.4, -0.2) is 25.5 Å². The summed E-state index contributed by atoms with van der Waals surface area (Å²) < 4.78 is 37.7. The number of piperidine rings is 1. The number of nitrogens with one attached hydrogen (secondary N) is 1. The van der Waals surface area contributed by atoms with Crippen molar-refractivity contribution >= 4 is 15.7 Å². The number of nitrogens with zero attached hydrogens (tertiary/aromatic N) is 1. The van der Waals surface area contributed by atoms with E-state index in [9.17, 15) is 12.8 Å². The summed E-state index contributed by atoms with van der Waals surface area (Å²) in [6.07, 6.45) is 2.96. The summed E-state index contributed by atoms with van der Waals surface area (Å²) in [4.78, 5) is 2.48. The van der Waals surface area contributed by atoms with E-state index in [1.54, 1.807) is 5.01 Å². The Morgan fingerprint density at radius 1 is 1.30 bits per heavy atom. The maximum absolute atomic E-state index is 13.0. The van der Waals surface area contributed by atoms with Gasteiger partial charge in [-0.3, -0.25) is 0 Å². The van der Waals surface area contributed by atoms with E-state index in [2.05, 4.69) is 4.83 Å². The van der Waals surface area contributed by atoms with Crippen molar-refractivity contribution in [2.24, 2.45) is 0 Å². The van der Waals surface area contributed by atoms with Crippen LogP contribution >= 0.6 is 0 Å². The highest BCUT2D eigenvalue weighted by molar-refractivity contribution is 7.89. The first-order chi connectivity index (χ1) is 9.31. The average Bonchev–Trinajstić information content (AvgIpc) is 2.33. The first-order valence-corrected chi connectivity index (χ1v) is 8.15. The fourth-order valence-electron chi connectivity index (χ4n) is 2.55. The van der Waals surface area contributed by atoms with Crippen molar-refractivity contribution in [3.05, 3.63) is 24.0 Å². The highest BCUT2D eigenvalue weighted by Crippen LogP contribution is 2.24. The lowest BCUT2D eigenvalue weighted by molar-refractivity contribution is 0.0790. The molecule has 1 aliphatic heterocycles. The van der Waals surface area contributed by atoms with Gasteiger partial charge in [0.2, 0.25) is 0 Å². The smallest absolute Gasteiger partial charge is 0.255 e. The number of nitrogen functional groups attached to an aromatic ring is 1. The van der Waals surface area contributed by atoms with Gasteiger partial charge >= 0.3 is 0 Å². The molecule has 3 N–H and O–H groups in total. The van der Waals surface area contributed by atoms with Gasteiger partial charge in [-0.25, -0.2) is 17.8 Å². The zero-order chi connectivity index (χ0) is 14.9. The first-order valence-electron chi connectivity index (χ1n) is 6.67. The van der Waals surface area contributed by atoms with Gasteiger partial charge in [0.1, 0.15) is 10.7 Å². The predicted molar refractivity (Wildman–Crippen MR) is 75.7 cm³/mol. The Morgan fingerprint density at radius 3 is 2.45 bits per heavy atom. The lowest BCUT2D eigenvalue weighted by Crippen LogP contribution is -2.54. The summed E-state index contributed by atoms with van der Waals surface area (Å²) in [5.41, 5.74) is 5.52. The van der Waals surface area contributed by atoms with E-state index in [1.165, 1.54) is 6.07 Å². The summed E-state index contributed by atoms with van der Waals surface area (Å²) in [7, 11) is -3.79. The average molecular weight is 301 g/mol. The van der Waals surface area contributed by atoms with Crippen LogP contribution in [0, 0.1) is 5.82 Å². The fraction of sp³-hybridized carbons (Fsp3) is 0.538. The Hall–Kier alpha value is -1.18. The van der Waals surface area contributed by atoms with Crippen molar-refractivity contribution in [3.63, 3.8) is 0 Å². The van der Waals surface area contributed by atoms with Crippen molar-refractivity contribution < 1.29 is 12.8 Å². The molecule has 1 heterocycles. The molecule has 0 spiro atoms. The van der Waals surface area contributed by atoms with Crippen LogP contribution in [0.25, 0.3) is 0 Å². The molecule has 2 rings (SSSR count). The van der Waals surface area contributed by atoms with Gasteiger partial charge in [0, 0.05) is 12.1 Å². The highest BCUT2D eigenvalue weighted by atomic mass is 32.2. The van der Waals surface area contributed by atoms with E-state index in [0.29, 0.717) is 0 Å². The molecule has 0 aromatic heterocycles. The second-order valence-corrected chi connectivity index (χ2v) is 6.94. The summed E-state index contributed by atoms with van der Waals surface area (Å²) in [5, 5.41) is 1.74. The summed E-state index contributed by atoms with van der Waals surface area (Å²) in [5.74, 6) is -0.554. The molecule has 1 fully saturated rings. The van der Waals surface area contributed by atoms with Crippen LogP contribution in [0.1, 0.15) is 33.1 Å². The Morgan fingerprint density at radius 2 is 1.90 bits per heavy atom. The van der Waals surface area contributed by atoms with Crippen LogP contribution in [0.5, 0.6) is 0 Å². The third-order valence-corrected chi connectivity index (χ3v) is 5.08. The van der Waals surface area contributed by atoms with Gasteiger partial charge in [-0.1, -0.05) is 6.42 Å². The normalized spacial score (nSPS) is 24.8. The molecule has 2 atom stereocenters. The van der Waals surface area contributed by atoms with Crippen molar-refractivity contribution in [3.8, 4) is 0 Å². The molecule has 0 saturated carbocycles. The standard InChI is InChI=1S/C13H20FN3O2S/c1-9-4-3-5-10(2)17(9)16-20(18,19)13-7-6-11(14)8-12(13)15/h6-10,16H,3-5,15H2,1-2H3. The number of rotatable bonds is 3. The quantitative estimate of drug-likeness (QED) is 0.836. The SMILES string of the molecule is CC1CCCC(C)N1NS(=O)(=O)c1ccc(F)cc1N. The molecule has 112 valence electrons. The molecule has 0 amide bonds. The van der Waals surface area contributed by atoms with E-state index in [1.807, 2.05) is 13.8 Å². The van der Waals surface area contributed by atoms with E-state index >= 15 is 0 Å². The number of hydrogen-bond donors (Lipinski definition) is 2. The van der Waals surface area contributed by atoms with Crippen molar-refractivity contribution in [1.29, 1.82) is 0 Å². The molecule has 20 heavy (non-hydrogen) atoms. The Labute approximate surface area is 119 Å². The largest absolute Gasteiger partial charge is 0.398 e. The summed E-state index contributed by atoms with van der Waals surface area (Å²) >= 11 is 0. The van der Waals surface area contributed by atoms with Crippen LogP contribution in [0.4, 0.5) is 10.1 Å². The highest BCUT2D eigenvalue weighted by Gasteiger charge is 2.29. The van der Waals surface area contributed by atoms with Gasteiger partial charge in [-0.2, -0.15) is 0 Å². The number of hydrazine groups is 1. The van der Waals surface area contributed by atoms with Crippen LogP contribution < -0.4 is 10.6 Å². The predicted octanol–water partition coefficient (Wildman–Crippen LogP) is 1.86. The van der Waals surface area contributed by atoms with Crippen LogP contribution in [0.2, 0.25) is 0 Å². The molecular weight excluding hydrogens is 281 g/mol. The minimum absolute atomic E-state index is 0.0881. The molecule has 2 unspecified atom stereocenters. The molecule has 1 aliphatic rings. The number of sulfonamides is 1. The summed E-state index contributed by atoms with van der Waals surface area (Å²) in [6, 6.07) is 3.53. The van der Waals surface area contributed by atoms with Gasteiger partial charge in [0.25, 0.3) is 10.0 Å². The first kappa shape index (κ1) is 15.2. The van der Waals surface area contributed by atoms with Crippen LogP contribution in [0.15, 0.2) is 23.1 Å². The zero-order valence-electron chi connectivity index (χ0n) is 11.6. The Balaban J connectivity index is 2.26. The van der Waals surface area contributed by atoms with Crippen molar-refractivity contribution in [2.45, 2.75) is 50.1 Å². The van der Waals surface area contributed by atoms with E-state index in [0.717, 1.165) is 31.4 Å². The van der Waals surface area contributed by atoms with Gasteiger partial charge in [0.15, 0.2) is 0 Å². The number of anilines is 1. The second kappa shape index (κ2) is 5.67.